The molecule has 58 heavy (non-hydrogen) atoms. The third-order valence-corrected chi connectivity index (χ3v) is 11.5. The lowest BCUT2D eigenvalue weighted by atomic mass is 9.89. The molecule has 1 fully saturated rings. The number of methoxy groups -OCH3 is 2. The molecule has 5 amide bonds. The minimum atomic E-state index is -1.15. The number of hydrogen-bond donors (Lipinski definition) is 3. The van der Waals surface area contributed by atoms with Crippen LogP contribution in [0.15, 0.2) is 30.3 Å². The van der Waals surface area contributed by atoms with Crippen LogP contribution < -0.4 is 10.6 Å². The third-order valence-electron chi connectivity index (χ3n) is 11.5. The molecule has 1 aliphatic rings. The molecule has 9 atom stereocenters. The van der Waals surface area contributed by atoms with E-state index < -0.39 is 66.1 Å². The summed E-state index contributed by atoms with van der Waals surface area (Å²) in [6.07, 6.45) is 0.584. The first-order chi connectivity index (χ1) is 27.2. The second kappa shape index (κ2) is 23.5. The lowest BCUT2D eigenvalue weighted by Gasteiger charge is -2.41. The minimum absolute atomic E-state index is 0.0539. The number of carbonyl (C=O) groups is 6. The second-order valence-corrected chi connectivity index (χ2v) is 16.8. The van der Waals surface area contributed by atoms with Gasteiger partial charge in [-0.25, -0.2) is 4.79 Å². The van der Waals surface area contributed by atoms with Gasteiger partial charge in [-0.05, 0) is 50.3 Å². The fourth-order valence-corrected chi connectivity index (χ4v) is 8.09. The van der Waals surface area contributed by atoms with Crippen molar-refractivity contribution in [2.45, 2.75) is 123 Å². The van der Waals surface area contributed by atoms with Gasteiger partial charge in [-0.2, -0.15) is 0 Å². The number of rotatable bonds is 23. The quantitative estimate of drug-likeness (QED) is 0.149. The number of hydrogen-bond acceptors (Lipinski definition) is 9. The molecule has 3 N–H and O–H groups in total. The Morgan fingerprint density at radius 1 is 0.862 bits per heavy atom. The Balaban J connectivity index is 2.30. The van der Waals surface area contributed by atoms with Crippen molar-refractivity contribution in [1.82, 2.24) is 30.2 Å². The molecule has 1 saturated heterocycles. The predicted octanol–water partition coefficient (Wildman–Crippen LogP) is 2.90. The van der Waals surface area contributed by atoms with Crippen molar-refractivity contribution >= 4 is 35.5 Å². The average Bonchev–Trinajstić information content (AvgIpc) is 3.65. The highest BCUT2D eigenvalue weighted by molar-refractivity contribution is 5.93. The van der Waals surface area contributed by atoms with Crippen LogP contribution in [0.3, 0.4) is 0 Å². The van der Waals surface area contributed by atoms with E-state index in [1.54, 1.807) is 61.9 Å². The Kier molecular flexibility index (Phi) is 20.3. The zero-order valence-corrected chi connectivity index (χ0v) is 37.2. The molecule has 0 radical (unpaired) electrons. The van der Waals surface area contributed by atoms with E-state index in [9.17, 15) is 33.9 Å². The first-order valence-electron chi connectivity index (χ1n) is 20.6. The number of carboxylic acids is 1. The summed E-state index contributed by atoms with van der Waals surface area (Å²) in [7, 11) is 9.84. The van der Waals surface area contributed by atoms with Crippen LogP contribution in [-0.2, 0) is 44.7 Å². The molecule has 1 aromatic rings. The van der Waals surface area contributed by atoms with Crippen LogP contribution >= 0.6 is 0 Å². The number of carboxylic acid groups (broad SMARTS) is 1. The molecule has 15 heteroatoms. The fourth-order valence-electron chi connectivity index (χ4n) is 8.09. The molecular formula is C43H72N6O9. The number of ether oxygens (including phenoxy) is 2. The van der Waals surface area contributed by atoms with Gasteiger partial charge in [0.2, 0.25) is 29.5 Å². The summed E-state index contributed by atoms with van der Waals surface area (Å²) in [5.41, 5.74) is 0.773. The van der Waals surface area contributed by atoms with Gasteiger partial charge in [0.1, 0.15) is 18.1 Å². The number of benzene rings is 1. The van der Waals surface area contributed by atoms with Crippen LogP contribution in [0.25, 0.3) is 0 Å². The Labute approximate surface area is 346 Å². The maximum atomic E-state index is 14.4. The molecule has 1 aliphatic heterocycles. The van der Waals surface area contributed by atoms with E-state index in [4.69, 9.17) is 9.47 Å². The van der Waals surface area contributed by atoms with Crippen LogP contribution in [-0.4, -0.2) is 158 Å². The van der Waals surface area contributed by atoms with Crippen LogP contribution in [0, 0.1) is 23.7 Å². The summed E-state index contributed by atoms with van der Waals surface area (Å²) in [4.78, 5) is 87.6. The lowest BCUT2D eigenvalue weighted by Crippen LogP contribution is -2.60. The summed E-state index contributed by atoms with van der Waals surface area (Å²) < 4.78 is 11.9. The van der Waals surface area contributed by atoms with Gasteiger partial charge < -0.3 is 44.8 Å². The van der Waals surface area contributed by atoms with Gasteiger partial charge in [0.25, 0.3) is 0 Å². The standard InChI is InChI=1S/C43H72N6O9/c1-14-28(6)38(48(11)42(54)36(26(2)3)45-41(53)37(27(4)5)47(10)35(51)25-46(8)9)33(57-12)24-34(50)49-22-18-21-32(49)39(58-13)29(7)40(52)44-31(43(55)56)23-30-19-16-15-17-20-30/h15-17,19-20,26-29,31-33,36-39H,14,18,21-25H2,1-13H3,(H,44,52)(H,45,53)(H,55,56)/t28-,29+,31-,32-,33+,36-,37-,38-,39+/m0/s1. The smallest absolute Gasteiger partial charge is 0.326 e. The predicted molar refractivity (Wildman–Crippen MR) is 223 cm³/mol. The summed E-state index contributed by atoms with van der Waals surface area (Å²) in [5.74, 6) is -4.22. The van der Waals surface area contributed by atoms with Gasteiger partial charge in [-0.3, -0.25) is 24.0 Å². The largest absolute Gasteiger partial charge is 0.480 e. The van der Waals surface area contributed by atoms with Crippen molar-refractivity contribution < 1.29 is 43.3 Å². The molecule has 2 rings (SSSR count). The van der Waals surface area contributed by atoms with Crippen LogP contribution in [0.5, 0.6) is 0 Å². The molecule has 0 saturated carbocycles. The Hall–Kier alpha value is -4.08. The summed E-state index contributed by atoms with van der Waals surface area (Å²) >= 11 is 0. The molecule has 0 unspecified atom stereocenters. The monoisotopic (exact) mass is 817 g/mol. The lowest BCUT2D eigenvalue weighted by molar-refractivity contribution is -0.149. The van der Waals surface area contributed by atoms with Crippen molar-refractivity contribution in [3.63, 3.8) is 0 Å². The maximum absolute atomic E-state index is 14.4. The van der Waals surface area contributed by atoms with Crippen molar-refractivity contribution in [2.24, 2.45) is 23.7 Å². The number of likely N-dealkylation sites (tertiary alicyclic amines) is 1. The van der Waals surface area contributed by atoms with Gasteiger partial charge in [-0.1, -0.05) is 85.2 Å². The van der Waals surface area contributed by atoms with E-state index in [0.717, 1.165) is 5.56 Å². The van der Waals surface area contributed by atoms with E-state index in [-0.39, 0.29) is 54.9 Å². The van der Waals surface area contributed by atoms with Crippen molar-refractivity contribution in [2.75, 3.05) is 55.5 Å². The highest BCUT2D eigenvalue weighted by Crippen LogP contribution is 2.30. The maximum Gasteiger partial charge on any atom is 0.326 e. The van der Waals surface area contributed by atoms with Crippen LogP contribution in [0.1, 0.15) is 79.7 Å². The fraction of sp³-hybridized carbons (Fsp3) is 0.721. The second-order valence-electron chi connectivity index (χ2n) is 16.8. The zero-order chi connectivity index (χ0) is 44.0. The molecular weight excluding hydrogens is 745 g/mol. The summed E-state index contributed by atoms with van der Waals surface area (Å²) in [6.45, 7) is 13.7. The Morgan fingerprint density at radius 3 is 1.98 bits per heavy atom. The number of amides is 5. The number of likely N-dealkylation sites (N-methyl/N-ethyl adjacent to an activating group) is 3. The molecule has 15 nitrogen and oxygen atoms in total. The average molecular weight is 817 g/mol. The van der Waals surface area contributed by atoms with Gasteiger partial charge >= 0.3 is 5.97 Å². The van der Waals surface area contributed by atoms with Gasteiger partial charge in [0, 0.05) is 41.3 Å². The Morgan fingerprint density at radius 2 is 1.48 bits per heavy atom. The van der Waals surface area contributed by atoms with Gasteiger partial charge in [0.15, 0.2) is 0 Å². The Bertz CT molecular complexity index is 1510. The molecule has 0 bridgehead atoms. The third kappa shape index (κ3) is 13.5. The van der Waals surface area contributed by atoms with E-state index in [1.165, 1.54) is 19.1 Å². The van der Waals surface area contributed by atoms with Crippen molar-refractivity contribution in [1.29, 1.82) is 0 Å². The van der Waals surface area contributed by atoms with Crippen LogP contribution in [0.2, 0.25) is 0 Å². The van der Waals surface area contributed by atoms with E-state index in [1.807, 2.05) is 59.7 Å². The molecule has 1 heterocycles. The molecule has 328 valence electrons. The first-order valence-corrected chi connectivity index (χ1v) is 20.6. The molecule has 1 aromatic carbocycles. The SMILES string of the molecule is CC[C@H](C)[C@@H]([C@@H](CC(=O)N1CCC[C@H]1[C@H](OC)[C@@H](C)C(=O)N[C@@H](Cc1ccccc1)C(=O)O)OC)N(C)C(=O)[C@@H](NC(=O)[C@H](C(C)C)N(C)C(=O)CN(C)C)C(C)C. The molecule has 0 aliphatic carbocycles. The first kappa shape index (κ1) is 50.1. The summed E-state index contributed by atoms with van der Waals surface area (Å²) in [6, 6.07) is 5.21. The van der Waals surface area contributed by atoms with E-state index in [0.29, 0.717) is 25.8 Å². The summed E-state index contributed by atoms with van der Waals surface area (Å²) in [5, 5.41) is 15.5. The van der Waals surface area contributed by atoms with Crippen LogP contribution in [0.4, 0.5) is 0 Å². The molecule has 0 aromatic heterocycles. The van der Waals surface area contributed by atoms with Gasteiger partial charge in [0.05, 0.1) is 43.2 Å². The highest BCUT2D eigenvalue weighted by atomic mass is 16.5. The van der Waals surface area contributed by atoms with Crippen molar-refractivity contribution in [3.8, 4) is 0 Å². The highest BCUT2D eigenvalue weighted by Gasteiger charge is 2.43. The van der Waals surface area contributed by atoms with E-state index >= 15 is 0 Å². The topological polar surface area (TPSA) is 178 Å². The van der Waals surface area contributed by atoms with E-state index in [2.05, 4.69) is 10.6 Å². The minimum Gasteiger partial charge on any atom is -0.480 e. The number of aliphatic carboxylic acids is 1. The normalized spacial score (nSPS) is 18.5. The zero-order valence-electron chi connectivity index (χ0n) is 37.2. The van der Waals surface area contributed by atoms with Gasteiger partial charge in [-0.15, -0.1) is 0 Å². The number of nitrogens with zero attached hydrogens (tertiary/aromatic N) is 4. The number of nitrogens with one attached hydrogen (secondary N) is 2. The molecule has 0 spiro atoms. The number of carbonyl (C=O) groups excluding carboxylic acids is 5. The van der Waals surface area contributed by atoms with Crippen molar-refractivity contribution in [3.05, 3.63) is 35.9 Å².